The second-order valence-corrected chi connectivity index (χ2v) is 8.92. The summed E-state index contributed by atoms with van der Waals surface area (Å²) in [6.07, 6.45) is 0. The van der Waals surface area contributed by atoms with Crippen molar-refractivity contribution in [2.75, 3.05) is 0 Å². The van der Waals surface area contributed by atoms with Crippen LogP contribution in [0.1, 0.15) is 22.9 Å². The molecule has 2 aromatic heterocycles. The van der Waals surface area contributed by atoms with Gasteiger partial charge in [0.05, 0.1) is 39.3 Å². The van der Waals surface area contributed by atoms with Crippen LogP contribution in [0.4, 0.5) is 0 Å². The summed E-state index contributed by atoms with van der Waals surface area (Å²) in [6, 6.07) is 25.3. The highest BCUT2D eigenvalue weighted by molar-refractivity contribution is 5.82. The van der Waals surface area contributed by atoms with Crippen molar-refractivity contribution in [1.82, 2.24) is 19.1 Å². The third-order valence-corrected chi connectivity index (χ3v) is 6.68. The summed E-state index contributed by atoms with van der Waals surface area (Å²) in [5, 5.41) is 24.5. The number of fused-ring (bicyclic) bond motifs is 2. The highest BCUT2D eigenvalue weighted by atomic mass is 16.5. The molecule has 6 rings (SSSR count). The molecule has 3 heterocycles. The molecular weight excluding hydrogens is 494 g/mol. The number of hydrogen-bond donors (Lipinski definition) is 1. The Morgan fingerprint density at radius 3 is 2.15 bits per heavy atom. The van der Waals surface area contributed by atoms with Crippen molar-refractivity contribution >= 4 is 16.6 Å². The first-order chi connectivity index (χ1) is 18.9. The molecule has 0 spiro atoms. The number of aryl methyl sites for hydroxylation is 1. The third-order valence-electron chi connectivity index (χ3n) is 6.68. The zero-order valence-electron chi connectivity index (χ0n) is 20.6. The summed E-state index contributed by atoms with van der Waals surface area (Å²) in [5.74, 6) is 0.505. The van der Waals surface area contributed by atoms with E-state index < -0.39 is 17.2 Å². The quantitative estimate of drug-likeness (QED) is 0.387. The van der Waals surface area contributed by atoms with Crippen molar-refractivity contribution < 1.29 is 4.74 Å². The number of nitriles is 2. The number of allylic oxidation sites excluding steroid dienone is 1. The van der Waals surface area contributed by atoms with Gasteiger partial charge in [-0.1, -0.05) is 30.3 Å². The molecule has 0 bridgehead atoms. The van der Waals surface area contributed by atoms with Gasteiger partial charge in [0.15, 0.2) is 0 Å². The lowest BCUT2D eigenvalue weighted by atomic mass is 10.0. The van der Waals surface area contributed by atoms with E-state index in [1.807, 2.05) is 30.3 Å². The molecule has 10 heteroatoms. The monoisotopic (exact) mass is 513 g/mol. The Labute approximate surface area is 221 Å². The second kappa shape index (κ2) is 8.91. The molecule has 0 saturated heterocycles. The van der Waals surface area contributed by atoms with Crippen molar-refractivity contribution in [2.45, 2.75) is 13.0 Å². The molecule has 5 aromatic rings. The smallest absolute Gasteiger partial charge is 0.279 e. The van der Waals surface area contributed by atoms with E-state index in [2.05, 4.69) is 12.1 Å². The fourth-order valence-corrected chi connectivity index (χ4v) is 4.89. The second-order valence-electron chi connectivity index (χ2n) is 8.92. The number of benzene rings is 3. The molecule has 188 valence electrons. The van der Waals surface area contributed by atoms with E-state index >= 15 is 0 Å². The Morgan fingerprint density at radius 2 is 1.51 bits per heavy atom. The van der Waals surface area contributed by atoms with Crippen LogP contribution in [0.15, 0.2) is 94.0 Å². The lowest BCUT2D eigenvalue weighted by Gasteiger charge is -2.18. The standard InChI is InChI=1S/C29H19N7O3/c1-17-24(25-23(16-31)26(32)36-28(38)22-10-6-5-9-21(22)27(37)35(25)36)29(34(33-17)19-7-3-2-4-8-19)39-20-13-11-18(15-30)12-14-20/h2-14,25H,32H2,1H3. The Balaban J connectivity index is 1.66. The Kier molecular flexibility index (Phi) is 5.37. The van der Waals surface area contributed by atoms with Crippen molar-refractivity contribution in [3.05, 3.63) is 122 Å². The Morgan fingerprint density at radius 1 is 0.872 bits per heavy atom. The molecule has 1 unspecified atom stereocenters. The van der Waals surface area contributed by atoms with Gasteiger partial charge in [0, 0.05) is 0 Å². The molecule has 0 fully saturated rings. The van der Waals surface area contributed by atoms with E-state index in [4.69, 9.17) is 15.6 Å². The van der Waals surface area contributed by atoms with Gasteiger partial charge in [-0.25, -0.2) is 9.36 Å². The van der Waals surface area contributed by atoms with E-state index in [0.29, 0.717) is 28.3 Å². The van der Waals surface area contributed by atoms with E-state index in [1.165, 1.54) is 4.68 Å². The topological polar surface area (TPSA) is 145 Å². The van der Waals surface area contributed by atoms with Crippen LogP contribution in [0.25, 0.3) is 22.3 Å². The van der Waals surface area contributed by atoms with Crippen LogP contribution in [-0.4, -0.2) is 19.1 Å². The van der Waals surface area contributed by atoms with Crippen LogP contribution < -0.4 is 21.6 Å². The van der Waals surface area contributed by atoms with Gasteiger partial charge in [-0.05, 0) is 55.5 Å². The molecule has 3 aromatic carbocycles. The lowest BCUT2D eigenvalue weighted by Crippen LogP contribution is -2.38. The predicted octanol–water partition coefficient (Wildman–Crippen LogP) is 3.58. The first kappa shape index (κ1) is 23.5. The van der Waals surface area contributed by atoms with Crippen molar-refractivity contribution in [3.63, 3.8) is 0 Å². The average Bonchev–Trinajstić information content (AvgIpc) is 3.45. The van der Waals surface area contributed by atoms with Crippen molar-refractivity contribution in [2.24, 2.45) is 5.73 Å². The summed E-state index contributed by atoms with van der Waals surface area (Å²) in [5.41, 5.74) is 7.37. The van der Waals surface area contributed by atoms with Gasteiger partial charge in [-0.3, -0.25) is 9.59 Å². The number of aromatic nitrogens is 4. The summed E-state index contributed by atoms with van der Waals surface area (Å²) < 4.78 is 10.2. The number of nitrogens with two attached hydrogens (primary N) is 1. The van der Waals surface area contributed by atoms with E-state index in [-0.39, 0.29) is 28.0 Å². The van der Waals surface area contributed by atoms with Gasteiger partial charge < -0.3 is 10.5 Å². The molecule has 0 saturated carbocycles. The number of nitrogens with zero attached hydrogens (tertiary/aromatic N) is 6. The molecule has 1 aliphatic rings. The van der Waals surface area contributed by atoms with Crippen LogP contribution in [0.3, 0.4) is 0 Å². The maximum atomic E-state index is 13.8. The SMILES string of the molecule is Cc1nn(-c2ccccc2)c(Oc2ccc(C#N)cc2)c1C1C(C#N)=C(N)n2c(=O)c3ccccc3c(=O)n21. The first-order valence-electron chi connectivity index (χ1n) is 11.9. The molecule has 10 nitrogen and oxygen atoms in total. The highest BCUT2D eigenvalue weighted by Crippen LogP contribution is 2.41. The largest absolute Gasteiger partial charge is 0.439 e. The lowest BCUT2D eigenvalue weighted by molar-refractivity contribution is 0.429. The molecule has 0 amide bonds. The number of rotatable bonds is 4. The predicted molar refractivity (Wildman–Crippen MR) is 143 cm³/mol. The third kappa shape index (κ3) is 3.51. The van der Waals surface area contributed by atoms with Gasteiger partial charge in [0.25, 0.3) is 11.1 Å². The zero-order valence-corrected chi connectivity index (χ0v) is 20.6. The Bertz CT molecular complexity index is 2020. The zero-order chi connectivity index (χ0) is 27.3. The molecular formula is C29H19N7O3. The molecule has 2 N–H and O–H groups in total. The first-order valence-corrected chi connectivity index (χ1v) is 11.9. The average molecular weight is 514 g/mol. The minimum absolute atomic E-state index is 0.0184. The summed E-state index contributed by atoms with van der Waals surface area (Å²) >= 11 is 0. The van der Waals surface area contributed by atoms with E-state index in [9.17, 15) is 20.1 Å². The number of hydrogen-bond acceptors (Lipinski definition) is 7. The molecule has 1 atom stereocenters. The fourth-order valence-electron chi connectivity index (χ4n) is 4.89. The van der Waals surface area contributed by atoms with Crippen molar-refractivity contribution in [3.8, 4) is 29.5 Å². The van der Waals surface area contributed by atoms with E-state index in [1.54, 1.807) is 60.1 Å². The van der Waals surface area contributed by atoms with Crippen LogP contribution >= 0.6 is 0 Å². The van der Waals surface area contributed by atoms with Gasteiger partial charge in [-0.15, -0.1) is 0 Å². The summed E-state index contributed by atoms with van der Waals surface area (Å²) in [6.45, 7) is 1.73. The minimum atomic E-state index is -1.08. The normalized spacial score (nSPS) is 14.2. The van der Waals surface area contributed by atoms with Gasteiger partial charge >= 0.3 is 0 Å². The number of ether oxygens (including phenoxy) is 1. The van der Waals surface area contributed by atoms with Crippen LogP contribution in [0.5, 0.6) is 11.6 Å². The Hall–Kier alpha value is -5.87. The van der Waals surface area contributed by atoms with Gasteiger partial charge in [-0.2, -0.15) is 20.3 Å². The van der Waals surface area contributed by atoms with Crippen LogP contribution in [0, 0.1) is 29.6 Å². The maximum Gasteiger partial charge on any atom is 0.279 e. The van der Waals surface area contributed by atoms with Crippen LogP contribution in [0.2, 0.25) is 0 Å². The maximum absolute atomic E-state index is 13.8. The minimum Gasteiger partial charge on any atom is -0.439 e. The molecule has 0 aliphatic carbocycles. The fraction of sp³-hybridized carbons (Fsp3) is 0.0690. The molecule has 1 aliphatic heterocycles. The molecule has 0 radical (unpaired) electrons. The summed E-state index contributed by atoms with van der Waals surface area (Å²) in [7, 11) is 0. The van der Waals surface area contributed by atoms with Crippen molar-refractivity contribution in [1.29, 1.82) is 10.5 Å². The number of para-hydroxylation sites is 1. The molecule has 39 heavy (non-hydrogen) atoms. The van der Waals surface area contributed by atoms with E-state index in [0.717, 1.165) is 4.68 Å². The van der Waals surface area contributed by atoms with Gasteiger partial charge in [0.1, 0.15) is 29.3 Å². The van der Waals surface area contributed by atoms with Crippen LogP contribution in [-0.2, 0) is 0 Å². The van der Waals surface area contributed by atoms with Gasteiger partial charge in [0.2, 0.25) is 5.88 Å². The summed E-state index contributed by atoms with van der Waals surface area (Å²) in [4.78, 5) is 27.3. The highest BCUT2D eigenvalue weighted by Gasteiger charge is 2.39.